The molecule has 0 aliphatic heterocycles. The van der Waals surface area contributed by atoms with Gasteiger partial charge in [-0.15, -0.1) is 0 Å². The zero-order valence-corrected chi connectivity index (χ0v) is 10.6. The van der Waals surface area contributed by atoms with E-state index in [2.05, 4.69) is 15.3 Å². The highest BCUT2D eigenvalue weighted by atomic mass is 16.4. The van der Waals surface area contributed by atoms with Crippen molar-refractivity contribution in [3.8, 4) is 0 Å². The largest absolute Gasteiger partial charge is 0.445 e. The predicted molar refractivity (Wildman–Crippen MR) is 71.1 cm³/mol. The van der Waals surface area contributed by atoms with Crippen molar-refractivity contribution >= 4 is 17.5 Å². The summed E-state index contributed by atoms with van der Waals surface area (Å²) in [4.78, 5) is 10.2. The van der Waals surface area contributed by atoms with E-state index in [1.54, 1.807) is 0 Å². The first kappa shape index (κ1) is 12.4. The summed E-state index contributed by atoms with van der Waals surface area (Å²) < 4.78 is 5.55. The van der Waals surface area contributed by atoms with E-state index in [0.717, 1.165) is 23.3 Å². The fourth-order valence-corrected chi connectivity index (χ4v) is 1.54. The molecule has 2 aromatic heterocycles. The number of anilines is 3. The summed E-state index contributed by atoms with van der Waals surface area (Å²) >= 11 is 0. The van der Waals surface area contributed by atoms with Gasteiger partial charge in [0.25, 0.3) is 0 Å². The number of aromatic nitrogens is 2. The topological polar surface area (TPSA) is 80.2 Å². The van der Waals surface area contributed by atoms with Gasteiger partial charge in [0.1, 0.15) is 23.7 Å². The van der Waals surface area contributed by atoms with Crippen LogP contribution in [0, 0.1) is 6.92 Å². The molecule has 0 radical (unpaired) electrons. The van der Waals surface area contributed by atoms with Crippen molar-refractivity contribution in [2.24, 2.45) is 5.73 Å². The number of nitrogens with one attached hydrogen (secondary N) is 1. The number of rotatable bonds is 5. The molecule has 0 fully saturated rings. The highest BCUT2D eigenvalue weighted by Crippen LogP contribution is 2.24. The molecule has 3 N–H and O–H groups in total. The van der Waals surface area contributed by atoms with Gasteiger partial charge in [0.2, 0.25) is 5.88 Å². The predicted octanol–water partition coefficient (Wildman–Crippen LogP) is 1.52. The Morgan fingerprint density at radius 2 is 2.22 bits per heavy atom. The maximum atomic E-state index is 5.55. The van der Waals surface area contributed by atoms with Gasteiger partial charge in [0, 0.05) is 32.3 Å². The van der Waals surface area contributed by atoms with E-state index in [1.807, 2.05) is 37.1 Å². The summed E-state index contributed by atoms with van der Waals surface area (Å²) in [7, 11) is 1.90. The molecule has 0 aliphatic carbocycles. The lowest BCUT2D eigenvalue weighted by Gasteiger charge is -2.15. The number of nitrogens with two attached hydrogens (primary N) is 1. The second-order valence-corrected chi connectivity index (χ2v) is 3.92. The molecule has 2 aromatic rings. The lowest BCUT2D eigenvalue weighted by atomic mass is 10.4. The Hall–Kier alpha value is -2.08. The fourth-order valence-electron chi connectivity index (χ4n) is 1.54. The van der Waals surface area contributed by atoms with Crippen molar-refractivity contribution in [1.82, 2.24) is 9.97 Å². The number of nitrogens with zero attached hydrogens (tertiary/aromatic N) is 3. The molecule has 2 heterocycles. The van der Waals surface area contributed by atoms with Gasteiger partial charge in [-0.2, -0.15) is 0 Å². The Kier molecular flexibility index (Phi) is 3.78. The molecule has 0 saturated carbocycles. The van der Waals surface area contributed by atoms with E-state index in [9.17, 15) is 0 Å². The van der Waals surface area contributed by atoms with Crippen LogP contribution in [0.2, 0.25) is 0 Å². The maximum absolute atomic E-state index is 5.55. The van der Waals surface area contributed by atoms with Gasteiger partial charge in [0.15, 0.2) is 0 Å². The molecule has 2 rings (SSSR count). The molecule has 96 valence electrons. The summed E-state index contributed by atoms with van der Waals surface area (Å²) in [6.07, 6.45) is 1.51. The van der Waals surface area contributed by atoms with Crippen molar-refractivity contribution in [1.29, 1.82) is 0 Å². The Morgan fingerprint density at radius 3 is 2.89 bits per heavy atom. The van der Waals surface area contributed by atoms with Crippen LogP contribution in [-0.2, 0) is 0 Å². The molecule has 0 amide bonds. The van der Waals surface area contributed by atoms with Crippen molar-refractivity contribution in [2.45, 2.75) is 6.92 Å². The van der Waals surface area contributed by atoms with Gasteiger partial charge in [-0.25, -0.2) is 9.97 Å². The first-order chi connectivity index (χ1) is 8.70. The first-order valence-corrected chi connectivity index (χ1v) is 5.77. The third kappa shape index (κ3) is 2.78. The van der Waals surface area contributed by atoms with E-state index in [1.165, 1.54) is 6.33 Å². The van der Waals surface area contributed by atoms with Crippen LogP contribution < -0.4 is 16.0 Å². The highest BCUT2D eigenvalue weighted by Gasteiger charge is 2.09. The number of hydrogen-bond donors (Lipinski definition) is 2. The molecule has 0 atom stereocenters. The minimum atomic E-state index is 0.562. The Labute approximate surface area is 106 Å². The van der Waals surface area contributed by atoms with Gasteiger partial charge in [-0.1, -0.05) is 0 Å². The SMILES string of the molecule is Cc1ccc(N(C)c2cc(NCCN)ncn2)o1. The molecular formula is C12H17N5O. The van der Waals surface area contributed by atoms with Gasteiger partial charge in [0.05, 0.1) is 0 Å². The zero-order chi connectivity index (χ0) is 13.0. The van der Waals surface area contributed by atoms with Gasteiger partial charge >= 0.3 is 0 Å². The van der Waals surface area contributed by atoms with Crippen LogP contribution in [0.1, 0.15) is 5.76 Å². The fraction of sp³-hybridized carbons (Fsp3) is 0.333. The second-order valence-electron chi connectivity index (χ2n) is 3.92. The van der Waals surface area contributed by atoms with Crippen LogP contribution in [0.5, 0.6) is 0 Å². The van der Waals surface area contributed by atoms with Crippen LogP contribution in [0.3, 0.4) is 0 Å². The van der Waals surface area contributed by atoms with E-state index < -0.39 is 0 Å². The van der Waals surface area contributed by atoms with E-state index in [-0.39, 0.29) is 0 Å². The number of furan rings is 1. The third-order valence-electron chi connectivity index (χ3n) is 2.50. The maximum Gasteiger partial charge on any atom is 0.200 e. The monoisotopic (exact) mass is 247 g/mol. The van der Waals surface area contributed by atoms with Crippen LogP contribution in [0.4, 0.5) is 17.5 Å². The Morgan fingerprint density at radius 1 is 1.39 bits per heavy atom. The molecule has 6 heteroatoms. The molecule has 0 bridgehead atoms. The first-order valence-electron chi connectivity index (χ1n) is 5.77. The summed E-state index contributed by atoms with van der Waals surface area (Å²) in [5, 5.41) is 3.11. The summed E-state index contributed by atoms with van der Waals surface area (Å²) in [6, 6.07) is 5.68. The van der Waals surface area contributed by atoms with Crippen molar-refractivity contribution in [3.05, 3.63) is 30.3 Å². The minimum Gasteiger partial charge on any atom is -0.445 e. The number of aryl methyl sites for hydroxylation is 1. The average molecular weight is 247 g/mol. The highest BCUT2D eigenvalue weighted by molar-refractivity contribution is 5.57. The lowest BCUT2D eigenvalue weighted by molar-refractivity contribution is 0.537. The van der Waals surface area contributed by atoms with E-state index in [4.69, 9.17) is 10.2 Å². The summed E-state index contributed by atoms with van der Waals surface area (Å²) in [5.41, 5.74) is 5.44. The lowest BCUT2D eigenvalue weighted by Crippen LogP contribution is -2.15. The molecule has 0 spiro atoms. The molecule has 0 saturated heterocycles. The van der Waals surface area contributed by atoms with Crippen molar-refractivity contribution in [2.75, 3.05) is 30.4 Å². The quantitative estimate of drug-likeness (QED) is 0.833. The Balaban J connectivity index is 2.17. The normalized spacial score (nSPS) is 10.4. The smallest absolute Gasteiger partial charge is 0.200 e. The van der Waals surface area contributed by atoms with Gasteiger partial charge in [-0.3, -0.25) is 4.90 Å². The van der Waals surface area contributed by atoms with Crippen molar-refractivity contribution < 1.29 is 4.42 Å². The van der Waals surface area contributed by atoms with Crippen LogP contribution >= 0.6 is 0 Å². The van der Waals surface area contributed by atoms with Gasteiger partial charge < -0.3 is 15.5 Å². The molecule has 0 unspecified atom stereocenters. The third-order valence-corrected chi connectivity index (χ3v) is 2.50. The van der Waals surface area contributed by atoms with Crippen LogP contribution in [-0.4, -0.2) is 30.1 Å². The van der Waals surface area contributed by atoms with Crippen LogP contribution in [0.25, 0.3) is 0 Å². The summed E-state index contributed by atoms with van der Waals surface area (Å²) in [6.45, 7) is 3.15. The second kappa shape index (κ2) is 5.50. The van der Waals surface area contributed by atoms with E-state index in [0.29, 0.717) is 13.1 Å². The molecule has 0 aromatic carbocycles. The standard InChI is InChI=1S/C12H17N5O/c1-9-3-4-12(18-9)17(2)11-7-10(14-6-5-13)15-8-16-11/h3-4,7-8H,5-6,13H2,1-2H3,(H,14,15,16). The van der Waals surface area contributed by atoms with Crippen LogP contribution in [0.15, 0.2) is 28.9 Å². The molecule has 0 aliphatic rings. The minimum absolute atomic E-state index is 0.562. The summed E-state index contributed by atoms with van der Waals surface area (Å²) in [5.74, 6) is 3.13. The van der Waals surface area contributed by atoms with Crippen molar-refractivity contribution in [3.63, 3.8) is 0 Å². The zero-order valence-electron chi connectivity index (χ0n) is 10.6. The molecule has 6 nitrogen and oxygen atoms in total. The average Bonchev–Trinajstić information content (AvgIpc) is 2.82. The molecular weight excluding hydrogens is 230 g/mol. The van der Waals surface area contributed by atoms with E-state index >= 15 is 0 Å². The van der Waals surface area contributed by atoms with Gasteiger partial charge in [-0.05, 0) is 13.0 Å². The molecule has 18 heavy (non-hydrogen) atoms. The Bertz CT molecular complexity index is 511. The number of hydrogen-bond acceptors (Lipinski definition) is 6.